The van der Waals surface area contributed by atoms with E-state index < -0.39 is 8.07 Å². The van der Waals surface area contributed by atoms with E-state index in [1.54, 1.807) is 0 Å². The first-order valence-corrected chi connectivity index (χ1v) is 11.7. The molecule has 23 heavy (non-hydrogen) atoms. The van der Waals surface area contributed by atoms with Crippen molar-refractivity contribution in [3.8, 4) is 0 Å². The zero-order valence-electron chi connectivity index (χ0n) is 15.1. The molecule has 0 nitrogen and oxygen atoms in total. The van der Waals surface area contributed by atoms with Crippen molar-refractivity contribution in [2.45, 2.75) is 45.8 Å². The maximum absolute atomic E-state index is 4.13. The molecule has 0 spiro atoms. The normalized spacial score (nSPS) is 26.1. The van der Waals surface area contributed by atoms with Gasteiger partial charge in [-0.3, -0.25) is 5.57 Å². The third-order valence-corrected chi connectivity index (χ3v) is 4.48. The third kappa shape index (κ3) is 12.8. The predicted octanol–water partition coefficient (Wildman–Crippen LogP) is 5.66. The topological polar surface area (TPSA) is 0 Å². The van der Waals surface area contributed by atoms with Gasteiger partial charge in [0, 0.05) is 0 Å². The van der Waals surface area contributed by atoms with Gasteiger partial charge in [-0.25, -0.2) is 0 Å². The van der Waals surface area contributed by atoms with Gasteiger partial charge in [-0.2, -0.15) is 5.92 Å². The first kappa shape index (κ1) is 23.8. The molecule has 2 heteroatoms. The van der Waals surface area contributed by atoms with Gasteiger partial charge in [0.05, 0.1) is 0 Å². The second-order valence-corrected chi connectivity index (χ2v) is 11.7. The summed E-state index contributed by atoms with van der Waals surface area (Å²) >= 11 is 0. The monoisotopic (exact) mass is 400 g/mol. The molecule has 0 aromatic carbocycles. The van der Waals surface area contributed by atoms with Gasteiger partial charge in [0.1, 0.15) is 0 Å². The first-order chi connectivity index (χ1) is 10.4. The van der Waals surface area contributed by atoms with E-state index in [1.807, 2.05) is 44.9 Å². The molecule has 0 amide bonds. The van der Waals surface area contributed by atoms with Crippen molar-refractivity contribution in [2.75, 3.05) is 0 Å². The Bertz CT molecular complexity index is 299. The van der Waals surface area contributed by atoms with E-state index in [9.17, 15) is 0 Å². The predicted molar refractivity (Wildman–Crippen MR) is 100 cm³/mol. The molecule has 0 aliphatic heterocycles. The van der Waals surface area contributed by atoms with E-state index in [-0.39, 0.29) is 26.2 Å². The minimum atomic E-state index is -1.09. The molecule has 3 saturated carbocycles. The Kier molecular flexibility index (Phi) is 13.6. The van der Waals surface area contributed by atoms with Gasteiger partial charge >= 0.3 is 26.2 Å². The molecule has 10 radical (unpaired) electrons. The molecule has 0 N–H and O–H groups in total. The van der Waals surface area contributed by atoms with E-state index in [1.165, 1.54) is 30.8 Å². The van der Waals surface area contributed by atoms with Crippen molar-refractivity contribution >= 4 is 8.07 Å². The van der Waals surface area contributed by atoms with Crippen molar-refractivity contribution in [1.29, 1.82) is 0 Å². The summed E-state index contributed by atoms with van der Waals surface area (Å²) in [5.41, 5.74) is 5.18. The molecule has 3 aliphatic rings. The van der Waals surface area contributed by atoms with Crippen LogP contribution in [0.25, 0.3) is 0 Å². The van der Waals surface area contributed by atoms with Crippen LogP contribution in [0.1, 0.15) is 26.2 Å². The van der Waals surface area contributed by atoms with E-state index in [2.05, 4.69) is 52.0 Å². The molecule has 0 aromatic heterocycles. The Morgan fingerprint density at radius 1 is 0.957 bits per heavy atom. The number of allylic oxidation sites excluding steroid dienone is 1. The molecule has 0 saturated heterocycles. The molecular weight excluding hydrogens is 372 g/mol. The van der Waals surface area contributed by atoms with Crippen molar-refractivity contribution in [3.05, 3.63) is 81.9 Å². The summed E-state index contributed by atoms with van der Waals surface area (Å²) in [5, 5.41) is 0. The fraction of sp³-hybridized carbons (Fsp3) is 0.381. The van der Waals surface area contributed by atoms with Crippen molar-refractivity contribution in [1.82, 2.24) is 0 Å². The molecular formula is C21H30SiZr. The van der Waals surface area contributed by atoms with Crippen LogP contribution in [-0.2, 0) is 26.2 Å². The molecule has 3 fully saturated rings. The summed E-state index contributed by atoms with van der Waals surface area (Å²) in [6, 6.07) is 0. The zero-order chi connectivity index (χ0) is 16.4. The Morgan fingerprint density at radius 2 is 1.43 bits per heavy atom. The van der Waals surface area contributed by atoms with Crippen LogP contribution in [0.3, 0.4) is 0 Å². The van der Waals surface area contributed by atoms with Gasteiger partial charge in [-0.05, 0) is 63.7 Å². The molecule has 0 aromatic rings. The zero-order valence-corrected chi connectivity index (χ0v) is 18.6. The summed E-state index contributed by atoms with van der Waals surface area (Å²) in [6.45, 7) is 13.2. The second kappa shape index (κ2) is 13.1. The minimum Gasteiger partial charge on any atom is -0.500 e. The van der Waals surface area contributed by atoms with E-state index in [4.69, 9.17) is 0 Å². The van der Waals surface area contributed by atoms with Crippen LogP contribution in [-0.4, -0.2) is 8.07 Å². The summed E-state index contributed by atoms with van der Waals surface area (Å²) in [6.07, 6.45) is 22.1. The SMILES string of the molecule is C[C]1[CH][CH][CH][CH]1.[CH2-]C1CCCC1=[C-][Si](C)(C)C.[CH]1[CH][CH][CH][CH]1.[Zr+2]. The van der Waals surface area contributed by atoms with Crippen LogP contribution >= 0.6 is 0 Å². The van der Waals surface area contributed by atoms with Crippen molar-refractivity contribution in [3.63, 3.8) is 0 Å². The summed E-state index contributed by atoms with van der Waals surface area (Å²) < 4.78 is 0. The molecule has 1 atom stereocenters. The van der Waals surface area contributed by atoms with E-state index in [0.717, 1.165) is 0 Å². The van der Waals surface area contributed by atoms with Crippen molar-refractivity contribution < 1.29 is 26.2 Å². The van der Waals surface area contributed by atoms with E-state index in [0.29, 0.717) is 5.92 Å². The minimum absolute atomic E-state index is 0. The number of hydrogen-bond acceptors (Lipinski definition) is 0. The number of hydrogen-bond donors (Lipinski definition) is 0. The smallest absolute Gasteiger partial charge is 0.500 e. The van der Waals surface area contributed by atoms with Crippen LogP contribution < -0.4 is 0 Å². The summed E-state index contributed by atoms with van der Waals surface area (Å²) in [4.78, 5) is 0. The standard InChI is InChI=1S/C10H18Si.C6H7.C5H5.Zr/c1-9-6-5-7-10(9)8-11(2,3)4;1-6-4-2-3-5-6;1-2-4-5-3-1;/h9H,1,5-7H2,2-4H3;2-5H,1H3;1-5H;/q-2;;;+2. The van der Waals surface area contributed by atoms with Gasteiger partial charge in [0.25, 0.3) is 0 Å². The first-order valence-electron chi connectivity index (χ1n) is 8.20. The Balaban J connectivity index is 0.000000340. The largest absolute Gasteiger partial charge is 2.00 e. The maximum atomic E-state index is 4.13. The Hall–Kier alpha value is 0.840. The summed E-state index contributed by atoms with van der Waals surface area (Å²) in [7, 11) is -1.09. The van der Waals surface area contributed by atoms with Crippen LogP contribution in [0.4, 0.5) is 0 Å². The third-order valence-electron chi connectivity index (χ3n) is 3.41. The molecule has 0 bridgehead atoms. The van der Waals surface area contributed by atoms with E-state index >= 15 is 0 Å². The van der Waals surface area contributed by atoms with Gasteiger partial charge in [-0.1, -0.05) is 45.8 Å². The quantitative estimate of drug-likeness (QED) is 0.393. The molecule has 122 valence electrons. The summed E-state index contributed by atoms with van der Waals surface area (Å²) in [5.74, 6) is 1.93. The Labute approximate surface area is 167 Å². The molecule has 0 heterocycles. The Morgan fingerprint density at radius 3 is 1.70 bits per heavy atom. The molecule has 3 aliphatic carbocycles. The average molecular weight is 402 g/mol. The second-order valence-electron chi connectivity index (χ2n) is 6.91. The fourth-order valence-electron chi connectivity index (χ4n) is 2.35. The molecule has 1 unspecified atom stereocenters. The van der Waals surface area contributed by atoms with Gasteiger partial charge < -0.3 is 12.6 Å². The van der Waals surface area contributed by atoms with Gasteiger partial charge in [-0.15, -0.1) is 8.07 Å². The van der Waals surface area contributed by atoms with Crippen LogP contribution in [0.15, 0.2) is 5.57 Å². The van der Waals surface area contributed by atoms with Crippen LogP contribution in [0.2, 0.25) is 19.6 Å². The van der Waals surface area contributed by atoms with Crippen LogP contribution in [0, 0.1) is 82.2 Å². The maximum Gasteiger partial charge on any atom is 2.00 e. The van der Waals surface area contributed by atoms with Gasteiger partial charge in [0.15, 0.2) is 0 Å². The average Bonchev–Trinajstić information content (AvgIpc) is 3.14. The van der Waals surface area contributed by atoms with Crippen LogP contribution in [0.5, 0.6) is 0 Å². The molecule has 3 rings (SSSR count). The number of rotatable bonds is 1. The fourth-order valence-corrected chi connectivity index (χ4v) is 3.65. The van der Waals surface area contributed by atoms with Gasteiger partial charge in [0.2, 0.25) is 0 Å². The van der Waals surface area contributed by atoms with Crippen molar-refractivity contribution in [2.24, 2.45) is 5.92 Å².